The number of carbonyl (C=O) groups is 1. The van der Waals surface area contributed by atoms with Crippen LogP contribution in [0.15, 0.2) is 12.1 Å². The second kappa shape index (κ2) is 4.74. The fraction of sp³-hybridized carbons (Fsp3) is 0.500. The molecule has 102 valence electrons. The van der Waals surface area contributed by atoms with E-state index in [0.717, 1.165) is 29.2 Å². The lowest BCUT2D eigenvalue weighted by Crippen LogP contribution is -2.31. The Labute approximate surface area is 113 Å². The van der Waals surface area contributed by atoms with Crippen molar-refractivity contribution in [2.75, 3.05) is 36.5 Å². The van der Waals surface area contributed by atoms with Crippen molar-refractivity contribution in [1.82, 2.24) is 4.90 Å². The number of likely N-dealkylation sites (N-methyl/N-ethyl adjacent to an activating group) is 1. The third kappa shape index (κ3) is 2.38. The Balaban J connectivity index is 1.71. The van der Waals surface area contributed by atoms with Crippen molar-refractivity contribution in [3.63, 3.8) is 0 Å². The minimum absolute atomic E-state index is 0.0436. The first-order valence-electron chi connectivity index (χ1n) is 6.80. The molecule has 0 aromatic heterocycles. The number of nitrogens with zero attached hydrogens (tertiary/aromatic N) is 1. The van der Waals surface area contributed by atoms with Gasteiger partial charge in [0.15, 0.2) is 0 Å². The lowest BCUT2D eigenvalue weighted by molar-refractivity contribution is -0.115. The molecule has 0 radical (unpaired) electrons. The number of benzene rings is 1. The van der Waals surface area contributed by atoms with Gasteiger partial charge in [-0.2, -0.15) is 0 Å². The fourth-order valence-electron chi connectivity index (χ4n) is 2.91. The number of anilines is 3. The first kappa shape index (κ1) is 12.3. The molecule has 1 atom stereocenters. The van der Waals surface area contributed by atoms with Gasteiger partial charge in [0.25, 0.3) is 0 Å². The zero-order chi connectivity index (χ0) is 13.4. The standard InChI is InChI=1S/C14H20N4O/c1-18-4-2-3-10(18)8-16-13-7-12-9(5-11(13)15)6-14(19)17-12/h5,7,10,16H,2-4,6,8,15H2,1H3,(H,17,19). The Bertz CT molecular complexity index is 514. The number of nitrogen functional groups attached to an aromatic ring is 1. The number of amides is 1. The Hall–Kier alpha value is -1.75. The van der Waals surface area contributed by atoms with Crippen LogP contribution < -0.4 is 16.4 Å². The fourth-order valence-corrected chi connectivity index (χ4v) is 2.91. The highest BCUT2D eigenvalue weighted by atomic mass is 16.1. The van der Waals surface area contributed by atoms with Crippen molar-refractivity contribution >= 4 is 23.0 Å². The van der Waals surface area contributed by atoms with Gasteiger partial charge >= 0.3 is 0 Å². The molecule has 0 bridgehead atoms. The van der Waals surface area contributed by atoms with E-state index < -0.39 is 0 Å². The van der Waals surface area contributed by atoms with Crippen LogP contribution in [0.2, 0.25) is 0 Å². The molecule has 2 aliphatic rings. The molecule has 1 unspecified atom stereocenters. The Morgan fingerprint density at radius 2 is 2.37 bits per heavy atom. The summed E-state index contributed by atoms with van der Waals surface area (Å²) in [7, 11) is 2.16. The summed E-state index contributed by atoms with van der Waals surface area (Å²) >= 11 is 0. The molecule has 1 saturated heterocycles. The highest BCUT2D eigenvalue weighted by Gasteiger charge is 2.22. The van der Waals surface area contributed by atoms with Crippen LogP contribution in [-0.4, -0.2) is 37.0 Å². The van der Waals surface area contributed by atoms with Gasteiger partial charge in [0.1, 0.15) is 0 Å². The normalized spacial score (nSPS) is 22.4. The number of nitrogens with one attached hydrogen (secondary N) is 2. The maximum absolute atomic E-state index is 11.4. The molecule has 1 aromatic rings. The predicted octanol–water partition coefficient (Wildman–Crippen LogP) is 1.27. The number of likely N-dealkylation sites (tertiary alicyclic amines) is 1. The number of hydrogen-bond donors (Lipinski definition) is 3. The van der Waals surface area contributed by atoms with Crippen LogP contribution in [0, 0.1) is 0 Å². The quantitative estimate of drug-likeness (QED) is 0.716. The van der Waals surface area contributed by atoms with Gasteiger partial charge in [-0.1, -0.05) is 0 Å². The lowest BCUT2D eigenvalue weighted by Gasteiger charge is -2.21. The van der Waals surface area contributed by atoms with E-state index in [1.807, 2.05) is 12.1 Å². The molecule has 0 saturated carbocycles. The molecule has 4 N–H and O–H groups in total. The zero-order valence-electron chi connectivity index (χ0n) is 11.2. The molecule has 1 amide bonds. The van der Waals surface area contributed by atoms with Crippen molar-refractivity contribution in [2.45, 2.75) is 25.3 Å². The van der Waals surface area contributed by atoms with Gasteiger partial charge in [-0.15, -0.1) is 0 Å². The summed E-state index contributed by atoms with van der Waals surface area (Å²) in [4.78, 5) is 13.7. The highest BCUT2D eigenvalue weighted by molar-refractivity contribution is 6.00. The van der Waals surface area contributed by atoms with Crippen LogP contribution in [0.1, 0.15) is 18.4 Å². The van der Waals surface area contributed by atoms with E-state index in [1.54, 1.807) is 0 Å². The van der Waals surface area contributed by atoms with Gasteiger partial charge in [0, 0.05) is 18.3 Å². The van der Waals surface area contributed by atoms with Crippen LogP contribution >= 0.6 is 0 Å². The van der Waals surface area contributed by atoms with Gasteiger partial charge in [-0.05, 0) is 44.1 Å². The topological polar surface area (TPSA) is 70.4 Å². The van der Waals surface area contributed by atoms with Crippen LogP contribution in [0.25, 0.3) is 0 Å². The van der Waals surface area contributed by atoms with E-state index in [4.69, 9.17) is 5.73 Å². The van der Waals surface area contributed by atoms with E-state index in [0.29, 0.717) is 12.5 Å². The molecule has 2 heterocycles. The summed E-state index contributed by atoms with van der Waals surface area (Å²) in [6, 6.07) is 4.42. The van der Waals surface area contributed by atoms with E-state index in [-0.39, 0.29) is 5.91 Å². The molecular formula is C14H20N4O. The molecule has 1 aromatic carbocycles. The first-order chi connectivity index (χ1) is 9.13. The second-order valence-electron chi connectivity index (χ2n) is 5.48. The van der Waals surface area contributed by atoms with Crippen LogP contribution in [0.5, 0.6) is 0 Å². The van der Waals surface area contributed by atoms with Crippen LogP contribution in [0.3, 0.4) is 0 Å². The Morgan fingerprint density at radius 1 is 1.53 bits per heavy atom. The van der Waals surface area contributed by atoms with E-state index in [2.05, 4.69) is 22.6 Å². The number of rotatable bonds is 3. The number of fused-ring (bicyclic) bond motifs is 1. The molecule has 5 nitrogen and oxygen atoms in total. The van der Waals surface area contributed by atoms with Crippen molar-refractivity contribution in [3.05, 3.63) is 17.7 Å². The maximum Gasteiger partial charge on any atom is 0.228 e. The minimum atomic E-state index is 0.0436. The monoisotopic (exact) mass is 260 g/mol. The molecular weight excluding hydrogens is 240 g/mol. The third-order valence-electron chi connectivity index (χ3n) is 4.10. The average Bonchev–Trinajstić information content (AvgIpc) is 2.91. The molecule has 0 aliphatic carbocycles. The van der Waals surface area contributed by atoms with Crippen molar-refractivity contribution in [1.29, 1.82) is 0 Å². The smallest absolute Gasteiger partial charge is 0.228 e. The first-order valence-corrected chi connectivity index (χ1v) is 6.80. The number of hydrogen-bond acceptors (Lipinski definition) is 4. The van der Waals surface area contributed by atoms with Gasteiger partial charge in [0.2, 0.25) is 5.91 Å². The van der Waals surface area contributed by atoms with Gasteiger partial charge < -0.3 is 21.3 Å². The van der Waals surface area contributed by atoms with Gasteiger partial charge in [-0.3, -0.25) is 4.79 Å². The predicted molar refractivity (Wildman–Crippen MR) is 77.3 cm³/mol. The van der Waals surface area contributed by atoms with Crippen LogP contribution in [0.4, 0.5) is 17.1 Å². The van der Waals surface area contributed by atoms with Crippen molar-refractivity contribution < 1.29 is 4.79 Å². The largest absolute Gasteiger partial charge is 0.397 e. The summed E-state index contributed by atoms with van der Waals surface area (Å²) in [5, 5.41) is 6.27. The molecule has 0 spiro atoms. The zero-order valence-corrected chi connectivity index (χ0v) is 11.2. The highest BCUT2D eigenvalue weighted by Crippen LogP contribution is 2.31. The third-order valence-corrected chi connectivity index (χ3v) is 4.10. The molecule has 3 rings (SSSR count). The summed E-state index contributed by atoms with van der Waals surface area (Å²) in [5.41, 5.74) is 9.56. The molecule has 2 aliphatic heterocycles. The van der Waals surface area contributed by atoms with Crippen molar-refractivity contribution in [2.24, 2.45) is 0 Å². The summed E-state index contributed by atoms with van der Waals surface area (Å²) < 4.78 is 0. The molecule has 1 fully saturated rings. The SMILES string of the molecule is CN1CCCC1CNc1cc2c(cc1N)CC(=O)N2. The number of carbonyl (C=O) groups excluding carboxylic acids is 1. The second-order valence-corrected chi connectivity index (χ2v) is 5.48. The van der Waals surface area contributed by atoms with E-state index >= 15 is 0 Å². The summed E-state index contributed by atoms with van der Waals surface area (Å²) in [5.74, 6) is 0.0436. The maximum atomic E-state index is 11.4. The summed E-state index contributed by atoms with van der Waals surface area (Å²) in [6.45, 7) is 2.06. The van der Waals surface area contributed by atoms with Gasteiger partial charge in [-0.25, -0.2) is 0 Å². The van der Waals surface area contributed by atoms with Gasteiger partial charge in [0.05, 0.1) is 17.8 Å². The molecule has 19 heavy (non-hydrogen) atoms. The number of nitrogens with two attached hydrogens (primary N) is 1. The Kier molecular flexibility index (Phi) is 3.06. The summed E-state index contributed by atoms with van der Waals surface area (Å²) in [6.07, 6.45) is 2.93. The lowest BCUT2D eigenvalue weighted by atomic mass is 10.1. The molecule has 5 heteroatoms. The minimum Gasteiger partial charge on any atom is -0.397 e. The average molecular weight is 260 g/mol. The van der Waals surface area contributed by atoms with E-state index in [1.165, 1.54) is 19.4 Å². The van der Waals surface area contributed by atoms with E-state index in [9.17, 15) is 4.79 Å². The Morgan fingerprint density at radius 3 is 3.11 bits per heavy atom. The van der Waals surface area contributed by atoms with Crippen molar-refractivity contribution in [3.8, 4) is 0 Å². The van der Waals surface area contributed by atoms with Crippen LogP contribution in [-0.2, 0) is 11.2 Å².